The molecule has 158 valence electrons. The highest BCUT2D eigenvalue weighted by Crippen LogP contribution is 2.50. The van der Waals surface area contributed by atoms with Crippen LogP contribution in [-0.4, -0.2) is 58.7 Å². The van der Waals surface area contributed by atoms with Crippen molar-refractivity contribution in [3.05, 3.63) is 59.7 Å². The van der Waals surface area contributed by atoms with Gasteiger partial charge in [0.25, 0.3) is 0 Å². The second-order valence-electron chi connectivity index (χ2n) is 8.38. The van der Waals surface area contributed by atoms with Crippen molar-refractivity contribution in [2.24, 2.45) is 0 Å². The second-order valence-corrected chi connectivity index (χ2v) is 8.38. The SMILES string of the molecule is COC(=O)N(C1c2ccccc2-c2ccccc21)C1(C(=O)O)CCN(C(C)C)CC1. The van der Waals surface area contributed by atoms with Gasteiger partial charge in [0.1, 0.15) is 5.54 Å². The number of hydrogen-bond donors (Lipinski definition) is 1. The number of carbonyl (C=O) groups excluding carboxylic acids is 1. The number of rotatable bonds is 4. The average Bonchev–Trinajstić information content (AvgIpc) is 3.08. The van der Waals surface area contributed by atoms with E-state index in [-0.39, 0.29) is 0 Å². The van der Waals surface area contributed by atoms with Gasteiger partial charge in [0.15, 0.2) is 0 Å². The third-order valence-electron chi connectivity index (χ3n) is 6.65. The van der Waals surface area contributed by atoms with E-state index in [1.54, 1.807) is 0 Å². The van der Waals surface area contributed by atoms with Crippen molar-refractivity contribution >= 4 is 12.1 Å². The van der Waals surface area contributed by atoms with E-state index in [2.05, 4.69) is 18.7 Å². The highest BCUT2D eigenvalue weighted by atomic mass is 16.5. The van der Waals surface area contributed by atoms with Gasteiger partial charge in [-0.25, -0.2) is 9.59 Å². The molecule has 0 atom stereocenters. The van der Waals surface area contributed by atoms with Gasteiger partial charge in [-0.05, 0) is 48.9 Å². The van der Waals surface area contributed by atoms with Crippen molar-refractivity contribution in [2.45, 2.75) is 44.3 Å². The van der Waals surface area contributed by atoms with Crippen LogP contribution in [0.1, 0.15) is 43.9 Å². The van der Waals surface area contributed by atoms with Crippen molar-refractivity contribution in [3.8, 4) is 11.1 Å². The second kappa shape index (κ2) is 7.76. The Labute approximate surface area is 177 Å². The zero-order valence-electron chi connectivity index (χ0n) is 17.7. The molecule has 0 spiro atoms. The van der Waals surface area contributed by atoms with Gasteiger partial charge in [-0.1, -0.05) is 48.5 Å². The third kappa shape index (κ3) is 3.06. The minimum absolute atomic E-state index is 0.330. The Morgan fingerprint density at radius 3 is 1.97 bits per heavy atom. The highest BCUT2D eigenvalue weighted by molar-refractivity contribution is 5.88. The maximum atomic E-state index is 13.2. The van der Waals surface area contributed by atoms with E-state index in [4.69, 9.17) is 4.74 Å². The van der Waals surface area contributed by atoms with Crippen LogP contribution in [-0.2, 0) is 9.53 Å². The Bertz CT molecular complexity index is 918. The fraction of sp³-hybridized carbons (Fsp3) is 0.417. The molecule has 1 fully saturated rings. The Kier molecular flexibility index (Phi) is 5.28. The molecule has 0 radical (unpaired) electrons. The number of fused-ring (bicyclic) bond motifs is 3. The maximum Gasteiger partial charge on any atom is 0.411 e. The first kappa shape index (κ1) is 20.4. The molecule has 1 saturated heterocycles. The lowest BCUT2D eigenvalue weighted by molar-refractivity contribution is -0.155. The number of ether oxygens (including phenoxy) is 1. The molecule has 1 amide bonds. The Hall–Kier alpha value is -2.86. The molecule has 0 unspecified atom stereocenters. The largest absolute Gasteiger partial charge is 0.479 e. The first-order valence-corrected chi connectivity index (χ1v) is 10.4. The normalized spacial score (nSPS) is 18.0. The number of hydrogen-bond acceptors (Lipinski definition) is 4. The van der Waals surface area contributed by atoms with Crippen LogP contribution >= 0.6 is 0 Å². The van der Waals surface area contributed by atoms with E-state index in [0.29, 0.717) is 32.0 Å². The van der Waals surface area contributed by atoms with Crippen LogP contribution in [0.15, 0.2) is 48.5 Å². The van der Waals surface area contributed by atoms with Crippen molar-refractivity contribution < 1.29 is 19.4 Å². The molecule has 0 aromatic heterocycles. The van der Waals surface area contributed by atoms with Crippen molar-refractivity contribution in [3.63, 3.8) is 0 Å². The Morgan fingerprint density at radius 2 is 1.53 bits per heavy atom. The summed E-state index contributed by atoms with van der Waals surface area (Å²) in [6.07, 6.45) is 0.110. The minimum Gasteiger partial charge on any atom is -0.479 e. The number of amides is 1. The van der Waals surface area contributed by atoms with Gasteiger partial charge in [0.05, 0.1) is 13.2 Å². The van der Waals surface area contributed by atoms with Crippen LogP contribution in [0.4, 0.5) is 4.79 Å². The van der Waals surface area contributed by atoms with E-state index in [1.807, 2.05) is 48.5 Å². The number of likely N-dealkylation sites (tertiary alicyclic amines) is 1. The Balaban J connectivity index is 1.86. The van der Waals surface area contributed by atoms with Gasteiger partial charge >= 0.3 is 12.1 Å². The number of piperidine rings is 1. The predicted octanol–water partition coefficient (Wildman–Crippen LogP) is 4.15. The predicted molar refractivity (Wildman–Crippen MR) is 114 cm³/mol. The lowest BCUT2D eigenvalue weighted by Gasteiger charge is -2.48. The zero-order valence-corrected chi connectivity index (χ0v) is 17.7. The van der Waals surface area contributed by atoms with Crippen LogP contribution in [0.5, 0.6) is 0 Å². The molecule has 2 aromatic carbocycles. The summed E-state index contributed by atoms with van der Waals surface area (Å²) in [4.78, 5) is 29.7. The topological polar surface area (TPSA) is 70.1 Å². The third-order valence-corrected chi connectivity index (χ3v) is 6.65. The van der Waals surface area contributed by atoms with Gasteiger partial charge in [-0.3, -0.25) is 4.90 Å². The molecule has 1 aliphatic carbocycles. The monoisotopic (exact) mass is 408 g/mol. The highest BCUT2D eigenvalue weighted by Gasteiger charge is 2.54. The van der Waals surface area contributed by atoms with E-state index in [0.717, 1.165) is 22.3 Å². The summed E-state index contributed by atoms with van der Waals surface area (Å²) < 4.78 is 5.17. The molecule has 2 aromatic rings. The fourth-order valence-electron chi connectivity index (χ4n) is 5.00. The van der Waals surface area contributed by atoms with E-state index < -0.39 is 23.6 Å². The Morgan fingerprint density at radius 1 is 1.03 bits per heavy atom. The number of aliphatic carboxylic acids is 1. The van der Waals surface area contributed by atoms with E-state index >= 15 is 0 Å². The van der Waals surface area contributed by atoms with Crippen LogP contribution < -0.4 is 0 Å². The zero-order chi connectivity index (χ0) is 21.5. The molecule has 6 heteroatoms. The smallest absolute Gasteiger partial charge is 0.411 e. The van der Waals surface area contributed by atoms with Gasteiger partial charge in [-0.2, -0.15) is 0 Å². The van der Waals surface area contributed by atoms with Gasteiger partial charge in [-0.15, -0.1) is 0 Å². The van der Waals surface area contributed by atoms with Crippen molar-refractivity contribution in [2.75, 3.05) is 20.2 Å². The van der Waals surface area contributed by atoms with Crippen LogP contribution in [0.3, 0.4) is 0 Å². The summed E-state index contributed by atoms with van der Waals surface area (Å²) in [5, 5.41) is 10.4. The molecule has 1 aliphatic heterocycles. The summed E-state index contributed by atoms with van der Waals surface area (Å²) in [5.74, 6) is -0.974. The summed E-state index contributed by atoms with van der Waals surface area (Å²) in [6.45, 7) is 5.45. The molecule has 1 N–H and O–H groups in total. The van der Waals surface area contributed by atoms with Crippen LogP contribution in [0.25, 0.3) is 11.1 Å². The van der Waals surface area contributed by atoms with E-state index in [9.17, 15) is 14.7 Å². The molecule has 0 bridgehead atoms. The van der Waals surface area contributed by atoms with Crippen molar-refractivity contribution in [1.29, 1.82) is 0 Å². The number of methoxy groups -OCH3 is 1. The van der Waals surface area contributed by atoms with Gasteiger partial charge in [0.2, 0.25) is 0 Å². The fourth-order valence-corrected chi connectivity index (χ4v) is 5.00. The minimum atomic E-state index is -1.33. The lowest BCUT2D eigenvalue weighted by atomic mass is 9.83. The summed E-state index contributed by atoms with van der Waals surface area (Å²) in [6, 6.07) is 15.6. The van der Waals surface area contributed by atoms with Crippen LogP contribution in [0.2, 0.25) is 0 Å². The summed E-state index contributed by atoms with van der Waals surface area (Å²) in [5.41, 5.74) is 2.62. The number of carboxylic acids is 1. The number of carboxylic acid groups (broad SMARTS) is 1. The quantitative estimate of drug-likeness (QED) is 0.823. The molecule has 4 rings (SSSR count). The summed E-state index contributed by atoms with van der Waals surface area (Å²) >= 11 is 0. The molecule has 1 heterocycles. The molecule has 6 nitrogen and oxygen atoms in total. The molecular weight excluding hydrogens is 380 g/mol. The first-order chi connectivity index (χ1) is 14.4. The van der Waals surface area contributed by atoms with Crippen molar-refractivity contribution in [1.82, 2.24) is 9.80 Å². The maximum absolute atomic E-state index is 13.2. The number of nitrogens with zero attached hydrogens (tertiary/aromatic N) is 2. The standard InChI is InChI=1S/C24H28N2O4/c1-16(2)25-14-12-24(13-15-25,22(27)28)26(23(29)30-3)21-19-10-6-4-8-17(19)18-9-5-7-11-20(18)21/h4-11,16,21H,12-15H2,1-3H3,(H,27,28). The summed E-state index contributed by atoms with van der Waals surface area (Å²) in [7, 11) is 1.32. The van der Waals surface area contributed by atoms with Gasteiger partial charge in [0, 0.05) is 19.1 Å². The molecule has 0 saturated carbocycles. The van der Waals surface area contributed by atoms with E-state index in [1.165, 1.54) is 12.0 Å². The molecule has 2 aliphatic rings. The lowest BCUT2D eigenvalue weighted by Crippen LogP contribution is -2.63. The number of carbonyl (C=O) groups is 2. The van der Waals surface area contributed by atoms with Gasteiger partial charge < -0.3 is 14.7 Å². The molecule has 30 heavy (non-hydrogen) atoms. The first-order valence-electron chi connectivity index (χ1n) is 10.4. The van der Waals surface area contributed by atoms with Crippen LogP contribution in [0, 0.1) is 0 Å². The average molecular weight is 408 g/mol. The number of benzene rings is 2. The molecular formula is C24H28N2O4.